The van der Waals surface area contributed by atoms with Gasteiger partial charge in [0.05, 0.1) is 22.9 Å². The summed E-state index contributed by atoms with van der Waals surface area (Å²) in [4.78, 5) is 13.0. The number of anilines is 1. The Morgan fingerprint density at radius 1 is 0.947 bits per heavy atom. The largest absolute Gasteiger partial charge is 0.490 e. The topological polar surface area (TPSA) is 51.1 Å². The monoisotopic (exact) mass is 550 g/mol. The Hall–Kier alpha value is -3.92. The Balaban J connectivity index is 1.68. The number of aryl methyl sites for hydroxylation is 1. The first-order valence-electron chi connectivity index (χ1n) is 11.3. The number of ether oxygens (including phenoxy) is 2. The summed E-state index contributed by atoms with van der Waals surface area (Å²) in [6, 6.07) is 10.7. The van der Waals surface area contributed by atoms with Gasteiger partial charge in [-0.1, -0.05) is 41.4 Å². The molecular formula is C27H20ClF5N2O3. The Morgan fingerprint density at radius 2 is 1.61 bits per heavy atom. The van der Waals surface area contributed by atoms with Crippen molar-refractivity contribution in [2.45, 2.75) is 27.4 Å². The van der Waals surface area contributed by atoms with E-state index in [-0.39, 0.29) is 46.0 Å². The lowest BCUT2D eigenvalue weighted by Crippen LogP contribution is -2.25. The molecule has 1 aliphatic heterocycles. The molecular weight excluding hydrogens is 531 g/mol. The summed E-state index contributed by atoms with van der Waals surface area (Å²) in [5.41, 5.74) is 0.669. The second-order valence-corrected chi connectivity index (χ2v) is 8.73. The van der Waals surface area contributed by atoms with Crippen molar-refractivity contribution < 1.29 is 36.2 Å². The predicted octanol–water partition coefficient (Wildman–Crippen LogP) is 7.13. The van der Waals surface area contributed by atoms with E-state index in [4.69, 9.17) is 21.1 Å². The molecule has 198 valence electrons. The molecule has 3 aromatic rings. The molecule has 0 aliphatic carbocycles. The summed E-state index contributed by atoms with van der Waals surface area (Å²) in [7, 11) is 0. The quantitative estimate of drug-likeness (QED) is 0.136. The number of rotatable bonds is 7. The van der Waals surface area contributed by atoms with Gasteiger partial charge in [0.25, 0.3) is 5.91 Å². The standard InChI is InChI=1S/C27H20ClF5N2O3/c1-4-37-19-11-16(10-18(28)26(19)38-12-15-7-5-6-13(2)8-15)9-17-14(3)34-35(27(17)36)25-23(32)21(30)20(29)22(31)24(25)33/h5-11H,4,12H2,1-3H3/b17-9+. The third kappa shape index (κ3) is 5.08. The van der Waals surface area contributed by atoms with Crippen molar-refractivity contribution in [1.29, 1.82) is 0 Å². The summed E-state index contributed by atoms with van der Waals surface area (Å²) < 4.78 is 81.1. The van der Waals surface area contributed by atoms with Crippen LogP contribution in [0.2, 0.25) is 5.02 Å². The van der Waals surface area contributed by atoms with Gasteiger partial charge in [0.15, 0.2) is 34.8 Å². The van der Waals surface area contributed by atoms with E-state index < -0.39 is 40.7 Å². The lowest BCUT2D eigenvalue weighted by atomic mass is 10.1. The second kappa shape index (κ2) is 10.8. The van der Waals surface area contributed by atoms with E-state index in [2.05, 4.69) is 5.10 Å². The highest BCUT2D eigenvalue weighted by molar-refractivity contribution is 6.33. The number of hydrogen-bond acceptors (Lipinski definition) is 4. The maximum Gasteiger partial charge on any atom is 0.280 e. The number of carbonyl (C=O) groups is 1. The molecule has 0 atom stereocenters. The number of hydrogen-bond donors (Lipinski definition) is 0. The van der Waals surface area contributed by atoms with Crippen molar-refractivity contribution >= 4 is 35.0 Å². The Morgan fingerprint density at radius 3 is 2.24 bits per heavy atom. The summed E-state index contributed by atoms with van der Waals surface area (Å²) in [5, 5.41) is 4.03. The summed E-state index contributed by atoms with van der Waals surface area (Å²) >= 11 is 6.46. The molecule has 0 N–H and O–H groups in total. The van der Waals surface area contributed by atoms with E-state index in [0.29, 0.717) is 5.56 Å². The molecule has 0 saturated heterocycles. The first-order valence-corrected chi connectivity index (χ1v) is 11.7. The minimum Gasteiger partial charge on any atom is -0.490 e. The maximum atomic E-state index is 14.3. The van der Waals surface area contributed by atoms with E-state index in [0.717, 1.165) is 11.1 Å². The lowest BCUT2D eigenvalue weighted by Gasteiger charge is -2.16. The normalized spacial score (nSPS) is 14.3. The zero-order valence-corrected chi connectivity index (χ0v) is 21.1. The highest BCUT2D eigenvalue weighted by atomic mass is 35.5. The molecule has 0 saturated carbocycles. The second-order valence-electron chi connectivity index (χ2n) is 8.32. The molecule has 0 spiro atoms. The van der Waals surface area contributed by atoms with Crippen LogP contribution in [-0.4, -0.2) is 18.2 Å². The maximum absolute atomic E-state index is 14.3. The molecule has 0 radical (unpaired) electrons. The van der Waals surface area contributed by atoms with Gasteiger partial charge in [-0.15, -0.1) is 0 Å². The minimum atomic E-state index is -2.34. The molecule has 3 aromatic carbocycles. The van der Waals surface area contributed by atoms with Gasteiger partial charge in [0.1, 0.15) is 12.3 Å². The third-order valence-electron chi connectivity index (χ3n) is 5.57. The Bertz CT molecular complexity index is 1480. The van der Waals surface area contributed by atoms with Gasteiger partial charge in [0.2, 0.25) is 5.82 Å². The number of carbonyl (C=O) groups excluding carboxylic acids is 1. The highest BCUT2D eigenvalue weighted by Gasteiger charge is 2.37. The molecule has 1 aliphatic rings. The van der Waals surface area contributed by atoms with Crippen molar-refractivity contribution in [3.8, 4) is 11.5 Å². The van der Waals surface area contributed by atoms with Gasteiger partial charge in [-0.05, 0) is 50.1 Å². The van der Waals surface area contributed by atoms with Crippen molar-refractivity contribution in [3.05, 3.63) is 92.8 Å². The molecule has 4 rings (SSSR count). The molecule has 0 bridgehead atoms. The number of nitrogens with zero attached hydrogens (tertiary/aromatic N) is 2. The van der Waals surface area contributed by atoms with Crippen LogP contribution in [0.15, 0.2) is 47.1 Å². The van der Waals surface area contributed by atoms with Crippen molar-refractivity contribution in [2.24, 2.45) is 5.10 Å². The van der Waals surface area contributed by atoms with E-state index in [9.17, 15) is 26.7 Å². The highest BCUT2D eigenvalue weighted by Crippen LogP contribution is 2.39. The number of halogens is 6. The third-order valence-corrected chi connectivity index (χ3v) is 5.85. The zero-order chi connectivity index (χ0) is 27.7. The number of amides is 1. The summed E-state index contributed by atoms with van der Waals surface area (Å²) in [5.74, 6) is -11.6. The molecule has 0 fully saturated rings. The molecule has 38 heavy (non-hydrogen) atoms. The SMILES string of the molecule is CCOc1cc(/C=C2/C(=O)N(c3c(F)c(F)c(F)c(F)c3F)N=C2C)cc(Cl)c1OCc1cccc(C)c1. The van der Waals surface area contributed by atoms with Crippen molar-refractivity contribution in [3.63, 3.8) is 0 Å². The van der Waals surface area contributed by atoms with Gasteiger partial charge >= 0.3 is 0 Å². The number of benzene rings is 3. The van der Waals surface area contributed by atoms with Crippen LogP contribution in [0.25, 0.3) is 6.08 Å². The van der Waals surface area contributed by atoms with E-state index in [1.165, 1.54) is 25.1 Å². The fourth-order valence-electron chi connectivity index (χ4n) is 3.81. The van der Waals surface area contributed by atoms with Gasteiger partial charge in [0, 0.05) is 0 Å². The molecule has 0 aromatic heterocycles. The van der Waals surface area contributed by atoms with E-state index in [1.54, 1.807) is 6.92 Å². The van der Waals surface area contributed by atoms with Crippen LogP contribution < -0.4 is 14.5 Å². The lowest BCUT2D eigenvalue weighted by molar-refractivity contribution is -0.114. The Kier molecular flexibility index (Phi) is 7.73. The van der Waals surface area contributed by atoms with E-state index >= 15 is 0 Å². The molecule has 5 nitrogen and oxygen atoms in total. The molecule has 1 amide bonds. The van der Waals surface area contributed by atoms with Crippen LogP contribution >= 0.6 is 11.6 Å². The average molecular weight is 551 g/mol. The van der Waals surface area contributed by atoms with Gasteiger partial charge in [-0.25, -0.2) is 22.0 Å². The van der Waals surface area contributed by atoms with E-state index in [1.807, 2.05) is 31.2 Å². The first kappa shape index (κ1) is 27.1. The van der Waals surface area contributed by atoms with Crippen molar-refractivity contribution in [2.75, 3.05) is 11.6 Å². The zero-order valence-electron chi connectivity index (χ0n) is 20.3. The van der Waals surface area contributed by atoms with Crippen LogP contribution in [-0.2, 0) is 11.4 Å². The Labute approximate surface area is 219 Å². The molecule has 1 heterocycles. The fourth-order valence-corrected chi connectivity index (χ4v) is 4.09. The fraction of sp³-hybridized carbons (Fsp3) is 0.185. The minimum absolute atomic E-state index is 0.0206. The molecule has 11 heteroatoms. The van der Waals surface area contributed by atoms with Gasteiger partial charge in [-0.2, -0.15) is 10.1 Å². The average Bonchev–Trinajstić information content (AvgIpc) is 3.14. The van der Waals surface area contributed by atoms with Crippen LogP contribution in [0, 0.1) is 36.0 Å². The van der Waals surface area contributed by atoms with Crippen LogP contribution in [0.4, 0.5) is 27.6 Å². The van der Waals surface area contributed by atoms with Crippen LogP contribution in [0.3, 0.4) is 0 Å². The van der Waals surface area contributed by atoms with Crippen molar-refractivity contribution in [1.82, 2.24) is 0 Å². The van der Waals surface area contributed by atoms with Crippen LogP contribution in [0.1, 0.15) is 30.5 Å². The predicted molar refractivity (Wildman–Crippen MR) is 133 cm³/mol. The summed E-state index contributed by atoms with van der Waals surface area (Å²) in [6.45, 7) is 5.53. The number of hydrazone groups is 1. The van der Waals surface area contributed by atoms with Gasteiger partial charge in [-0.3, -0.25) is 4.79 Å². The summed E-state index contributed by atoms with van der Waals surface area (Å²) in [6.07, 6.45) is 1.31. The van der Waals surface area contributed by atoms with Gasteiger partial charge < -0.3 is 9.47 Å². The first-order chi connectivity index (χ1) is 18.0. The van der Waals surface area contributed by atoms with Crippen LogP contribution in [0.5, 0.6) is 11.5 Å². The smallest absolute Gasteiger partial charge is 0.280 e. The molecule has 0 unspecified atom stereocenters.